The van der Waals surface area contributed by atoms with Crippen molar-refractivity contribution < 1.29 is 9.32 Å². The van der Waals surface area contributed by atoms with Crippen molar-refractivity contribution in [3.05, 3.63) is 65.6 Å². The fourth-order valence-corrected chi connectivity index (χ4v) is 3.26. The van der Waals surface area contributed by atoms with Gasteiger partial charge in [0.25, 0.3) is 11.6 Å². The van der Waals surface area contributed by atoms with Gasteiger partial charge in [-0.1, -0.05) is 5.16 Å². The number of imidazole rings is 1. The number of rotatable bonds is 5. The number of amides is 1. The molecule has 0 aliphatic heterocycles. The first kappa shape index (κ1) is 16.6. The molecule has 1 aliphatic carbocycles. The van der Waals surface area contributed by atoms with Crippen LogP contribution in [0.15, 0.2) is 47.6 Å². The standard InChI is InChI=1S/C20H18N6O2/c1-12-18-15(9-16(14-2-3-14)24-20(18)28-25-12)19(27)23-10-13-4-5-22-17(8-13)26-7-6-21-11-26/h4-9,11,14H,2-3,10H2,1H3,(H,23,27). The van der Waals surface area contributed by atoms with Crippen LogP contribution in [-0.2, 0) is 6.54 Å². The van der Waals surface area contributed by atoms with Gasteiger partial charge in [-0.15, -0.1) is 0 Å². The Bertz CT molecular complexity index is 1160. The lowest BCUT2D eigenvalue weighted by Crippen LogP contribution is -2.23. The lowest BCUT2D eigenvalue weighted by Gasteiger charge is -2.09. The minimum Gasteiger partial charge on any atom is -0.348 e. The molecule has 1 amide bonds. The number of aromatic nitrogens is 5. The summed E-state index contributed by atoms with van der Waals surface area (Å²) in [4.78, 5) is 25.9. The van der Waals surface area contributed by atoms with Crippen LogP contribution in [0.2, 0.25) is 0 Å². The Hall–Kier alpha value is -3.55. The molecule has 0 radical (unpaired) electrons. The number of fused-ring (bicyclic) bond motifs is 1. The summed E-state index contributed by atoms with van der Waals surface area (Å²) in [6.07, 6.45) is 9.13. The van der Waals surface area contributed by atoms with Gasteiger partial charge in [-0.25, -0.2) is 15.0 Å². The highest BCUT2D eigenvalue weighted by Gasteiger charge is 2.28. The molecule has 8 nitrogen and oxygen atoms in total. The van der Waals surface area contributed by atoms with Gasteiger partial charge in [0.2, 0.25) is 0 Å². The zero-order chi connectivity index (χ0) is 19.1. The number of hydrogen-bond acceptors (Lipinski definition) is 6. The minimum atomic E-state index is -0.165. The van der Waals surface area contributed by atoms with E-state index in [0.717, 1.165) is 29.9 Å². The van der Waals surface area contributed by atoms with Gasteiger partial charge in [0.15, 0.2) is 0 Å². The molecule has 28 heavy (non-hydrogen) atoms. The number of carbonyl (C=O) groups is 1. The highest BCUT2D eigenvalue weighted by atomic mass is 16.5. The van der Waals surface area contributed by atoms with Crippen molar-refractivity contribution in [2.45, 2.75) is 32.2 Å². The van der Waals surface area contributed by atoms with Crippen molar-refractivity contribution in [2.24, 2.45) is 0 Å². The average Bonchev–Trinajstić information content (AvgIpc) is 3.29. The first-order valence-corrected chi connectivity index (χ1v) is 9.17. The molecule has 1 fully saturated rings. The number of aryl methyl sites for hydroxylation is 1. The van der Waals surface area contributed by atoms with Gasteiger partial charge in [-0.2, -0.15) is 0 Å². The van der Waals surface area contributed by atoms with E-state index in [1.54, 1.807) is 18.7 Å². The Morgan fingerprint density at radius 2 is 2.21 bits per heavy atom. The van der Waals surface area contributed by atoms with Gasteiger partial charge in [0.1, 0.15) is 12.1 Å². The Balaban J connectivity index is 1.40. The molecule has 0 atom stereocenters. The lowest BCUT2D eigenvalue weighted by molar-refractivity contribution is 0.0952. The summed E-state index contributed by atoms with van der Waals surface area (Å²) in [7, 11) is 0. The summed E-state index contributed by atoms with van der Waals surface area (Å²) in [5, 5.41) is 7.65. The van der Waals surface area contributed by atoms with E-state index in [0.29, 0.717) is 34.8 Å². The normalized spacial score (nSPS) is 13.8. The maximum Gasteiger partial charge on any atom is 0.259 e. The summed E-state index contributed by atoms with van der Waals surface area (Å²) in [5.41, 5.74) is 3.51. The van der Waals surface area contributed by atoms with Gasteiger partial charge < -0.3 is 9.84 Å². The van der Waals surface area contributed by atoms with Crippen molar-refractivity contribution in [1.82, 2.24) is 30.0 Å². The molecule has 4 aromatic rings. The predicted octanol–water partition coefficient (Wildman–Crippen LogP) is 2.92. The molecule has 8 heteroatoms. The second-order valence-electron chi connectivity index (χ2n) is 6.99. The van der Waals surface area contributed by atoms with Gasteiger partial charge in [0, 0.05) is 36.7 Å². The smallest absolute Gasteiger partial charge is 0.259 e. The average molecular weight is 374 g/mol. The third-order valence-corrected chi connectivity index (χ3v) is 4.91. The molecule has 0 saturated heterocycles. The zero-order valence-corrected chi connectivity index (χ0v) is 15.3. The van der Waals surface area contributed by atoms with Crippen LogP contribution < -0.4 is 5.32 Å². The van der Waals surface area contributed by atoms with Crippen LogP contribution in [0, 0.1) is 6.92 Å². The van der Waals surface area contributed by atoms with E-state index in [1.807, 2.05) is 35.9 Å². The van der Waals surface area contributed by atoms with Gasteiger partial charge in [-0.3, -0.25) is 9.36 Å². The molecular formula is C20H18N6O2. The van der Waals surface area contributed by atoms with Crippen molar-refractivity contribution in [1.29, 1.82) is 0 Å². The first-order valence-electron chi connectivity index (χ1n) is 9.17. The maximum absolute atomic E-state index is 13.0. The van der Waals surface area contributed by atoms with Crippen LogP contribution in [-0.4, -0.2) is 30.6 Å². The van der Waals surface area contributed by atoms with Crippen LogP contribution in [0.5, 0.6) is 0 Å². The fraction of sp³-hybridized carbons (Fsp3) is 0.250. The second-order valence-corrected chi connectivity index (χ2v) is 6.99. The monoisotopic (exact) mass is 374 g/mol. The number of pyridine rings is 2. The van der Waals surface area contributed by atoms with E-state index in [2.05, 4.69) is 25.4 Å². The SMILES string of the molecule is Cc1noc2nc(C3CC3)cc(C(=O)NCc3ccnc(-n4ccnc4)c3)c12. The highest BCUT2D eigenvalue weighted by Crippen LogP contribution is 2.40. The van der Waals surface area contributed by atoms with Gasteiger partial charge in [-0.05, 0) is 43.5 Å². The molecule has 4 heterocycles. The largest absolute Gasteiger partial charge is 0.348 e. The van der Waals surface area contributed by atoms with Crippen LogP contribution in [0.1, 0.15) is 46.1 Å². The Labute approximate surface area is 160 Å². The molecule has 1 aliphatic rings. The van der Waals surface area contributed by atoms with E-state index in [-0.39, 0.29) is 5.91 Å². The van der Waals surface area contributed by atoms with Crippen molar-refractivity contribution in [3.8, 4) is 5.82 Å². The van der Waals surface area contributed by atoms with E-state index in [4.69, 9.17) is 4.52 Å². The summed E-state index contributed by atoms with van der Waals surface area (Å²) in [5.74, 6) is 1.00. The molecule has 5 rings (SSSR count). The van der Waals surface area contributed by atoms with Crippen LogP contribution in [0.4, 0.5) is 0 Å². The summed E-state index contributed by atoms with van der Waals surface area (Å²) >= 11 is 0. The number of hydrogen-bond donors (Lipinski definition) is 1. The van der Waals surface area contributed by atoms with E-state index < -0.39 is 0 Å². The highest BCUT2D eigenvalue weighted by molar-refractivity contribution is 6.06. The van der Waals surface area contributed by atoms with Crippen LogP contribution in [0.3, 0.4) is 0 Å². The summed E-state index contributed by atoms with van der Waals surface area (Å²) in [6.45, 7) is 2.21. The van der Waals surface area contributed by atoms with Gasteiger partial charge in [0.05, 0.1) is 16.6 Å². The lowest BCUT2D eigenvalue weighted by atomic mass is 10.1. The molecule has 1 N–H and O–H groups in total. The Kier molecular flexibility index (Phi) is 3.89. The fourth-order valence-electron chi connectivity index (χ4n) is 3.26. The van der Waals surface area contributed by atoms with E-state index >= 15 is 0 Å². The summed E-state index contributed by atoms with van der Waals surface area (Å²) < 4.78 is 7.14. The number of nitrogens with zero attached hydrogens (tertiary/aromatic N) is 5. The van der Waals surface area contributed by atoms with Crippen LogP contribution >= 0.6 is 0 Å². The molecule has 1 saturated carbocycles. The molecular weight excluding hydrogens is 356 g/mol. The molecule has 140 valence electrons. The third kappa shape index (κ3) is 3.02. The molecule has 0 unspecified atom stereocenters. The maximum atomic E-state index is 13.0. The quantitative estimate of drug-likeness (QED) is 0.577. The molecule has 4 aromatic heterocycles. The molecule has 0 aromatic carbocycles. The second kappa shape index (κ2) is 6.56. The predicted molar refractivity (Wildman–Crippen MR) is 101 cm³/mol. The molecule has 0 bridgehead atoms. The zero-order valence-electron chi connectivity index (χ0n) is 15.3. The van der Waals surface area contributed by atoms with Crippen molar-refractivity contribution in [3.63, 3.8) is 0 Å². The third-order valence-electron chi connectivity index (χ3n) is 4.91. The van der Waals surface area contributed by atoms with Crippen molar-refractivity contribution >= 4 is 17.0 Å². The summed E-state index contributed by atoms with van der Waals surface area (Å²) in [6, 6.07) is 5.68. The van der Waals surface area contributed by atoms with E-state index in [1.165, 1.54) is 0 Å². The minimum absolute atomic E-state index is 0.165. The topological polar surface area (TPSA) is 98.7 Å². The van der Waals surface area contributed by atoms with E-state index in [9.17, 15) is 4.79 Å². The van der Waals surface area contributed by atoms with Crippen LogP contribution in [0.25, 0.3) is 16.9 Å². The number of carbonyl (C=O) groups excluding carboxylic acids is 1. The Morgan fingerprint density at radius 3 is 3.00 bits per heavy atom. The molecule has 0 spiro atoms. The van der Waals surface area contributed by atoms with Crippen molar-refractivity contribution in [2.75, 3.05) is 0 Å². The van der Waals surface area contributed by atoms with Gasteiger partial charge >= 0.3 is 0 Å². The Morgan fingerprint density at radius 1 is 1.32 bits per heavy atom. The number of nitrogens with one attached hydrogen (secondary N) is 1. The first-order chi connectivity index (χ1) is 13.7.